The zero-order valence-electron chi connectivity index (χ0n) is 7.84. The maximum absolute atomic E-state index is 12.4. The first-order valence-electron chi connectivity index (χ1n) is 4.78. The normalized spacial score (nSPS) is 35.9. The van der Waals surface area contributed by atoms with E-state index in [0.717, 1.165) is 0 Å². The van der Waals surface area contributed by atoms with Crippen molar-refractivity contribution in [2.75, 3.05) is 0 Å². The number of carbonyl (C=O) groups is 1. The van der Waals surface area contributed by atoms with Crippen LogP contribution in [0.1, 0.15) is 12.8 Å². The van der Waals surface area contributed by atoms with E-state index in [0.29, 0.717) is 12.8 Å². The standard InChI is InChI=1S/C9H11F3N2O/c10-9(11,12)8-13-6-4-2-1-3-5(6)7(15)14-8/h1,3,5-6,8,13H,2,4H2,(H,14,15). The van der Waals surface area contributed by atoms with E-state index in [-0.39, 0.29) is 0 Å². The van der Waals surface area contributed by atoms with Crippen LogP contribution in [-0.2, 0) is 4.79 Å². The van der Waals surface area contributed by atoms with Crippen LogP contribution in [0.3, 0.4) is 0 Å². The van der Waals surface area contributed by atoms with Gasteiger partial charge in [0.1, 0.15) is 0 Å². The number of fused-ring (bicyclic) bond motifs is 1. The van der Waals surface area contributed by atoms with Crippen molar-refractivity contribution in [3.05, 3.63) is 12.2 Å². The van der Waals surface area contributed by atoms with Crippen molar-refractivity contribution in [1.82, 2.24) is 10.6 Å². The molecule has 0 saturated carbocycles. The maximum atomic E-state index is 12.4. The molecule has 0 radical (unpaired) electrons. The second kappa shape index (κ2) is 3.52. The number of halogens is 3. The Balaban J connectivity index is 2.14. The van der Waals surface area contributed by atoms with Crippen molar-refractivity contribution in [1.29, 1.82) is 0 Å². The fraction of sp³-hybridized carbons (Fsp3) is 0.667. The van der Waals surface area contributed by atoms with E-state index in [1.54, 1.807) is 6.08 Å². The van der Waals surface area contributed by atoms with Gasteiger partial charge in [-0.1, -0.05) is 12.2 Å². The van der Waals surface area contributed by atoms with Crippen molar-refractivity contribution >= 4 is 5.91 Å². The third kappa shape index (κ3) is 1.99. The van der Waals surface area contributed by atoms with Gasteiger partial charge < -0.3 is 5.32 Å². The average molecular weight is 220 g/mol. The van der Waals surface area contributed by atoms with E-state index in [2.05, 4.69) is 5.32 Å². The van der Waals surface area contributed by atoms with Crippen LogP contribution in [0.15, 0.2) is 12.2 Å². The van der Waals surface area contributed by atoms with Crippen molar-refractivity contribution in [2.24, 2.45) is 5.92 Å². The highest BCUT2D eigenvalue weighted by molar-refractivity contribution is 5.82. The van der Waals surface area contributed by atoms with Gasteiger partial charge in [-0.2, -0.15) is 13.2 Å². The molecule has 6 heteroatoms. The summed E-state index contributed by atoms with van der Waals surface area (Å²) in [4.78, 5) is 11.4. The zero-order chi connectivity index (χ0) is 11.1. The van der Waals surface area contributed by atoms with Crippen LogP contribution in [0.2, 0.25) is 0 Å². The summed E-state index contributed by atoms with van der Waals surface area (Å²) in [5.41, 5.74) is 0. The van der Waals surface area contributed by atoms with Gasteiger partial charge in [0.2, 0.25) is 5.91 Å². The first-order chi connectivity index (χ1) is 6.98. The molecule has 0 aromatic rings. The minimum Gasteiger partial charge on any atom is -0.332 e. The van der Waals surface area contributed by atoms with Gasteiger partial charge in [-0.25, -0.2) is 0 Å². The largest absolute Gasteiger partial charge is 0.422 e. The van der Waals surface area contributed by atoms with E-state index in [9.17, 15) is 18.0 Å². The first kappa shape index (κ1) is 10.5. The van der Waals surface area contributed by atoms with Crippen molar-refractivity contribution < 1.29 is 18.0 Å². The molecule has 3 nitrogen and oxygen atoms in total. The molecular formula is C9H11F3N2O. The Bertz CT molecular complexity index is 300. The summed E-state index contributed by atoms with van der Waals surface area (Å²) >= 11 is 0. The Kier molecular flexibility index (Phi) is 2.46. The summed E-state index contributed by atoms with van der Waals surface area (Å²) < 4.78 is 37.1. The van der Waals surface area contributed by atoms with Gasteiger partial charge in [0.15, 0.2) is 6.17 Å². The number of carbonyl (C=O) groups excluding carboxylic acids is 1. The summed E-state index contributed by atoms with van der Waals surface area (Å²) in [6.45, 7) is 0. The lowest BCUT2D eigenvalue weighted by atomic mass is 9.87. The molecule has 1 amide bonds. The van der Waals surface area contributed by atoms with Gasteiger partial charge in [0, 0.05) is 6.04 Å². The molecular weight excluding hydrogens is 209 g/mol. The molecule has 84 valence electrons. The van der Waals surface area contributed by atoms with Crippen molar-refractivity contribution in [3.63, 3.8) is 0 Å². The van der Waals surface area contributed by atoms with Gasteiger partial charge >= 0.3 is 6.18 Å². The molecule has 3 unspecified atom stereocenters. The number of hydrogen-bond acceptors (Lipinski definition) is 2. The first-order valence-corrected chi connectivity index (χ1v) is 4.78. The highest BCUT2D eigenvalue weighted by atomic mass is 19.4. The van der Waals surface area contributed by atoms with Gasteiger partial charge in [0.05, 0.1) is 5.92 Å². The second-order valence-corrected chi connectivity index (χ2v) is 3.79. The Morgan fingerprint density at radius 2 is 2.13 bits per heavy atom. The number of amides is 1. The third-order valence-corrected chi connectivity index (χ3v) is 2.72. The van der Waals surface area contributed by atoms with Crippen LogP contribution in [0.5, 0.6) is 0 Å². The molecule has 0 spiro atoms. The number of alkyl halides is 3. The molecule has 15 heavy (non-hydrogen) atoms. The van der Waals surface area contributed by atoms with E-state index in [1.807, 2.05) is 11.4 Å². The molecule has 0 aromatic carbocycles. The molecule has 1 fully saturated rings. The molecule has 1 aliphatic heterocycles. The lowest BCUT2D eigenvalue weighted by Crippen LogP contribution is -2.66. The molecule has 0 aromatic heterocycles. The Morgan fingerprint density at radius 1 is 1.40 bits per heavy atom. The Morgan fingerprint density at radius 3 is 2.80 bits per heavy atom. The highest BCUT2D eigenvalue weighted by Crippen LogP contribution is 2.27. The minimum absolute atomic E-state index is 0.393. The maximum Gasteiger partial charge on any atom is 0.422 e. The predicted octanol–water partition coefficient (Wildman–Crippen LogP) is 0.929. The fourth-order valence-corrected chi connectivity index (χ4v) is 1.96. The average Bonchev–Trinajstić information content (AvgIpc) is 2.16. The smallest absolute Gasteiger partial charge is 0.332 e. The van der Waals surface area contributed by atoms with Crippen molar-refractivity contribution in [3.8, 4) is 0 Å². The molecule has 1 aliphatic carbocycles. The topological polar surface area (TPSA) is 41.1 Å². The lowest BCUT2D eigenvalue weighted by molar-refractivity contribution is -0.177. The summed E-state index contributed by atoms with van der Waals surface area (Å²) in [5.74, 6) is -1.01. The van der Waals surface area contributed by atoms with Crippen LogP contribution in [-0.4, -0.2) is 24.3 Å². The molecule has 3 atom stereocenters. The van der Waals surface area contributed by atoms with Gasteiger partial charge in [0.25, 0.3) is 0 Å². The summed E-state index contributed by atoms with van der Waals surface area (Å²) in [6, 6.07) is -0.393. The van der Waals surface area contributed by atoms with Gasteiger partial charge in [-0.15, -0.1) is 0 Å². The molecule has 2 N–H and O–H groups in total. The Hall–Kier alpha value is -1.04. The number of hydrogen-bond donors (Lipinski definition) is 2. The molecule has 0 bridgehead atoms. The molecule has 2 aliphatic rings. The minimum atomic E-state index is -4.43. The molecule has 1 heterocycles. The van der Waals surface area contributed by atoms with Crippen LogP contribution in [0.4, 0.5) is 13.2 Å². The Labute approximate surface area is 84.7 Å². The number of nitrogens with one attached hydrogen (secondary N) is 2. The summed E-state index contributed by atoms with van der Waals surface area (Å²) in [5, 5.41) is 4.35. The van der Waals surface area contributed by atoms with E-state index >= 15 is 0 Å². The monoisotopic (exact) mass is 220 g/mol. The number of rotatable bonds is 0. The second-order valence-electron chi connectivity index (χ2n) is 3.79. The predicted molar refractivity (Wildman–Crippen MR) is 46.8 cm³/mol. The van der Waals surface area contributed by atoms with Crippen LogP contribution >= 0.6 is 0 Å². The van der Waals surface area contributed by atoms with E-state index in [1.165, 1.54) is 0 Å². The summed E-state index contributed by atoms with van der Waals surface area (Å²) in [7, 11) is 0. The lowest BCUT2D eigenvalue weighted by Gasteiger charge is -2.38. The number of allylic oxidation sites excluding steroid dienone is 1. The van der Waals surface area contributed by atoms with Crippen LogP contribution < -0.4 is 10.6 Å². The van der Waals surface area contributed by atoms with Gasteiger partial charge in [-0.3, -0.25) is 10.1 Å². The van der Waals surface area contributed by atoms with E-state index in [4.69, 9.17) is 0 Å². The zero-order valence-corrected chi connectivity index (χ0v) is 7.84. The molecule has 2 rings (SSSR count). The summed E-state index contributed by atoms with van der Waals surface area (Å²) in [6.07, 6.45) is -1.55. The van der Waals surface area contributed by atoms with Crippen LogP contribution in [0, 0.1) is 5.92 Å². The highest BCUT2D eigenvalue weighted by Gasteiger charge is 2.47. The van der Waals surface area contributed by atoms with Crippen LogP contribution in [0.25, 0.3) is 0 Å². The van der Waals surface area contributed by atoms with E-state index < -0.39 is 30.2 Å². The van der Waals surface area contributed by atoms with Crippen molar-refractivity contribution in [2.45, 2.75) is 31.2 Å². The SMILES string of the molecule is O=C1NC(C(F)(F)F)NC2CCC=CC12. The third-order valence-electron chi connectivity index (χ3n) is 2.72. The fourth-order valence-electron chi connectivity index (χ4n) is 1.96. The quantitative estimate of drug-likeness (QED) is 0.596. The van der Waals surface area contributed by atoms with Gasteiger partial charge in [-0.05, 0) is 12.8 Å². The molecule has 1 saturated heterocycles.